The molecule has 0 saturated carbocycles. The Balaban J connectivity index is 2.32. The van der Waals surface area contributed by atoms with E-state index < -0.39 is 0 Å². The van der Waals surface area contributed by atoms with Crippen LogP contribution < -0.4 is 5.73 Å². The summed E-state index contributed by atoms with van der Waals surface area (Å²) in [5.74, 6) is 0. The van der Waals surface area contributed by atoms with E-state index in [-0.39, 0.29) is 6.01 Å². The van der Waals surface area contributed by atoms with Gasteiger partial charge in [0.05, 0.1) is 0 Å². The van der Waals surface area contributed by atoms with Gasteiger partial charge in [0.25, 0.3) is 6.01 Å². The molecular formula is C11H8BrN3O. The Morgan fingerprint density at radius 3 is 3.00 bits per heavy atom. The molecule has 2 heterocycles. The lowest BCUT2D eigenvalue weighted by Crippen LogP contribution is -1.83. The maximum atomic E-state index is 5.47. The number of oxazole rings is 1. The maximum absolute atomic E-state index is 5.47. The van der Waals surface area contributed by atoms with Gasteiger partial charge in [-0.1, -0.05) is 22.0 Å². The Labute approximate surface area is 99.6 Å². The first-order chi connectivity index (χ1) is 7.75. The number of aromatic nitrogens is 2. The van der Waals surface area contributed by atoms with Crippen LogP contribution in [0.3, 0.4) is 0 Å². The molecule has 0 bridgehead atoms. The number of H-pyrrole nitrogens is 1. The zero-order valence-electron chi connectivity index (χ0n) is 8.20. The fourth-order valence-corrected chi connectivity index (χ4v) is 2.33. The van der Waals surface area contributed by atoms with Gasteiger partial charge >= 0.3 is 0 Å². The van der Waals surface area contributed by atoms with Gasteiger partial charge in [0, 0.05) is 27.1 Å². The van der Waals surface area contributed by atoms with Gasteiger partial charge in [-0.2, -0.15) is 4.98 Å². The quantitative estimate of drug-likeness (QED) is 0.718. The normalized spacial score (nSPS) is 11.1. The number of halogens is 1. The number of hydrogen-bond acceptors (Lipinski definition) is 3. The largest absolute Gasteiger partial charge is 0.432 e. The Kier molecular flexibility index (Phi) is 2.00. The van der Waals surface area contributed by atoms with Gasteiger partial charge < -0.3 is 15.1 Å². The van der Waals surface area contributed by atoms with Crippen molar-refractivity contribution in [3.63, 3.8) is 0 Å². The molecule has 0 aliphatic heterocycles. The number of hydrogen-bond donors (Lipinski definition) is 2. The zero-order valence-corrected chi connectivity index (χ0v) is 9.78. The molecule has 16 heavy (non-hydrogen) atoms. The summed E-state index contributed by atoms with van der Waals surface area (Å²) in [6.45, 7) is 0. The number of rotatable bonds is 1. The van der Waals surface area contributed by atoms with Crippen LogP contribution in [0.15, 0.2) is 39.5 Å². The molecule has 5 heteroatoms. The summed E-state index contributed by atoms with van der Waals surface area (Å²) < 4.78 is 6.03. The number of anilines is 1. The first-order valence-electron chi connectivity index (χ1n) is 4.72. The molecule has 4 nitrogen and oxygen atoms in total. The molecule has 3 N–H and O–H groups in total. The van der Waals surface area contributed by atoms with Gasteiger partial charge in [-0.3, -0.25) is 0 Å². The average molecular weight is 278 g/mol. The van der Waals surface area contributed by atoms with Crippen molar-refractivity contribution in [2.75, 3.05) is 5.73 Å². The van der Waals surface area contributed by atoms with E-state index in [1.54, 1.807) is 6.26 Å². The first kappa shape index (κ1) is 9.47. The van der Waals surface area contributed by atoms with E-state index in [1.807, 2.05) is 24.4 Å². The number of nitrogens with zero attached hydrogens (tertiary/aromatic N) is 1. The predicted molar refractivity (Wildman–Crippen MR) is 65.9 cm³/mol. The Morgan fingerprint density at radius 2 is 2.25 bits per heavy atom. The van der Waals surface area contributed by atoms with Crippen molar-refractivity contribution in [1.29, 1.82) is 0 Å². The van der Waals surface area contributed by atoms with Crippen LogP contribution in [0.5, 0.6) is 0 Å². The number of nitrogens with two attached hydrogens (primary N) is 1. The molecule has 0 amide bonds. The molecule has 0 aliphatic rings. The third-order valence-corrected chi connectivity index (χ3v) is 3.11. The topological polar surface area (TPSA) is 67.8 Å². The predicted octanol–water partition coefficient (Wildman–Crippen LogP) is 3.17. The van der Waals surface area contributed by atoms with E-state index in [9.17, 15) is 0 Å². The highest BCUT2D eigenvalue weighted by Crippen LogP contribution is 2.33. The molecule has 0 aliphatic carbocycles. The van der Waals surface area contributed by atoms with Gasteiger partial charge in [0.1, 0.15) is 12.0 Å². The van der Waals surface area contributed by atoms with Gasteiger partial charge in [-0.05, 0) is 12.1 Å². The van der Waals surface area contributed by atoms with Gasteiger partial charge in [-0.25, -0.2) is 0 Å². The highest BCUT2D eigenvalue weighted by Gasteiger charge is 2.11. The van der Waals surface area contributed by atoms with Crippen LogP contribution in [0.4, 0.5) is 6.01 Å². The van der Waals surface area contributed by atoms with Gasteiger partial charge in [0.15, 0.2) is 0 Å². The van der Waals surface area contributed by atoms with Crippen molar-refractivity contribution >= 4 is 32.8 Å². The van der Waals surface area contributed by atoms with Crippen molar-refractivity contribution in [2.24, 2.45) is 0 Å². The maximum Gasteiger partial charge on any atom is 0.292 e. The smallest absolute Gasteiger partial charge is 0.292 e. The third kappa shape index (κ3) is 1.32. The molecule has 0 unspecified atom stereocenters. The highest BCUT2D eigenvalue weighted by molar-refractivity contribution is 9.10. The number of fused-ring (bicyclic) bond motifs is 1. The summed E-state index contributed by atoms with van der Waals surface area (Å²) in [5, 5.41) is 1.08. The molecule has 3 rings (SSSR count). The van der Waals surface area contributed by atoms with Crippen LogP contribution in [0.1, 0.15) is 0 Å². The highest BCUT2D eigenvalue weighted by atomic mass is 79.9. The average Bonchev–Trinajstić information content (AvgIpc) is 2.84. The van der Waals surface area contributed by atoms with Crippen molar-refractivity contribution in [3.05, 3.63) is 35.1 Å². The van der Waals surface area contributed by atoms with Crippen LogP contribution in [0.25, 0.3) is 22.2 Å². The molecule has 0 saturated heterocycles. The Morgan fingerprint density at radius 1 is 1.38 bits per heavy atom. The molecule has 2 aromatic heterocycles. The molecule has 0 radical (unpaired) electrons. The van der Waals surface area contributed by atoms with Crippen LogP contribution in [0, 0.1) is 0 Å². The zero-order chi connectivity index (χ0) is 11.1. The lowest BCUT2D eigenvalue weighted by atomic mass is 10.1. The molecule has 0 atom stereocenters. The molecule has 1 aromatic carbocycles. The summed E-state index contributed by atoms with van der Waals surface area (Å²) in [6, 6.07) is 6.15. The lowest BCUT2D eigenvalue weighted by Gasteiger charge is -1.96. The Hall–Kier alpha value is -1.75. The third-order valence-electron chi connectivity index (χ3n) is 2.45. The van der Waals surface area contributed by atoms with E-state index >= 15 is 0 Å². The molecule has 80 valence electrons. The second kappa shape index (κ2) is 3.38. The van der Waals surface area contributed by atoms with E-state index in [0.29, 0.717) is 0 Å². The fraction of sp³-hybridized carbons (Fsp3) is 0. The first-order valence-corrected chi connectivity index (χ1v) is 5.52. The van der Waals surface area contributed by atoms with Crippen molar-refractivity contribution in [3.8, 4) is 11.3 Å². The van der Waals surface area contributed by atoms with E-state index in [4.69, 9.17) is 10.2 Å². The standard InChI is InChI=1S/C11H8BrN3O/c12-7-2-1-3-8-10(7)6(4-14-8)9-5-16-11(13)15-9/h1-5,14H,(H2,13,15). The van der Waals surface area contributed by atoms with Gasteiger partial charge in [0.2, 0.25) is 0 Å². The molecular weight excluding hydrogens is 270 g/mol. The fourth-order valence-electron chi connectivity index (χ4n) is 1.75. The number of nitrogens with one attached hydrogen (secondary N) is 1. The molecule has 0 fully saturated rings. The van der Waals surface area contributed by atoms with Gasteiger partial charge in [-0.15, -0.1) is 0 Å². The van der Waals surface area contributed by atoms with Crippen LogP contribution in [-0.4, -0.2) is 9.97 Å². The van der Waals surface area contributed by atoms with Crippen LogP contribution in [-0.2, 0) is 0 Å². The second-order valence-corrected chi connectivity index (χ2v) is 4.29. The minimum Gasteiger partial charge on any atom is -0.432 e. The lowest BCUT2D eigenvalue weighted by molar-refractivity contribution is 0.581. The number of aromatic amines is 1. The van der Waals surface area contributed by atoms with Crippen molar-refractivity contribution in [1.82, 2.24) is 9.97 Å². The monoisotopic (exact) mass is 277 g/mol. The summed E-state index contributed by atoms with van der Waals surface area (Å²) in [6.07, 6.45) is 3.45. The van der Waals surface area contributed by atoms with Crippen LogP contribution in [0.2, 0.25) is 0 Å². The van der Waals surface area contributed by atoms with E-state index in [0.717, 1.165) is 26.6 Å². The molecule has 0 spiro atoms. The summed E-state index contributed by atoms with van der Waals surface area (Å²) in [5.41, 5.74) is 8.22. The summed E-state index contributed by atoms with van der Waals surface area (Å²) in [7, 11) is 0. The second-order valence-electron chi connectivity index (χ2n) is 3.44. The summed E-state index contributed by atoms with van der Waals surface area (Å²) in [4.78, 5) is 7.30. The Bertz CT molecular complexity index is 656. The van der Waals surface area contributed by atoms with Crippen LogP contribution >= 0.6 is 15.9 Å². The number of nitrogen functional groups attached to an aromatic ring is 1. The van der Waals surface area contributed by atoms with Crippen molar-refractivity contribution in [2.45, 2.75) is 0 Å². The minimum atomic E-state index is 0.177. The van der Waals surface area contributed by atoms with E-state index in [1.165, 1.54) is 0 Å². The van der Waals surface area contributed by atoms with Crippen molar-refractivity contribution < 1.29 is 4.42 Å². The number of benzene rings is 1. The molecule has 3 aromatic rings. The van der Waals surface area contributed by atoms with E-state index in [2.05, 4.69) is 25.9 Å². The minimum absolute atomic E-state index is 0.177. The SMILES string of the molecule is Nc1nc(-c2c[nH]c3cccc(Br)c23)co1. The summed E-state index contributed by atoms with van der Waals surface area (Å²) >= 11 is 3.52.